The summed E-state index contributed by atoms with van der Waals surface area (Å²) in [7, 11) is 1.56. The van der Waals surface area contributed by atoms with Crippen molar-refractivity contribution in [1.82, 2.24) is 4.57 Å². The van der Waals surface area contributed by atoms with E-state index in [1.807, 2.05) is 26.0 Å². The highest BCUT2D eigenvalue weighted by Crippen LogP contribution is 2.27. The Balaban J connectivity index is 1.90. The van der Waals surface area contributed by atoms with Crippen molar-refractivity contribution in [3.05, 3.63) is 82.7 Å². The molecule has 2 aromatic carbocycles. The van der Waals surface area contributed by atoms with Gasteiger partial charge in [0, 0.05) is 28.8 Å². The summed E-state index contributed by atoms with van der Waals surface area (Å²) in [6.07, 6.45) is 1.64. The third kappa shape index (κ3) is 4.92. The summed E-state index contributed by atoms with van der Waals surface area (Å²) in [6, 6.07) is 19.6. The number of aromatic nitrogens is 1. The average molecular weight is 428 g/mol. The van der Waals surface area contributed by atoms with Crippen molar-refractivity contribution in [2.24, 2.45) is 0 Å². The van der Waals surface area contributed by atoms with Gasteiger partial charge in [-0.15, -0.1) is 0 Å². The molecular formula is C27H29N3O2. The fourth-order valence-corrected chi connectivity index (χ4v) is 3.64. The Morgan fingerprint density at radius 1 is 1.09 bits per heavy atom. The maximum Gasteiger partial charge on any atom is 0.266 e. The third-order valence-corrected chi connectivity index (χ3v) is 5.45. The first-order valence-electron chi connectivity index (χ1n) is 10.5. The van der Waals surface area contributed by atoms with E-state index in [0.29, 0.717) is 11.4 Å². The van der Waals surface area contributed by atoms with Gasteiger partial charge in [-0.1, -0.05) is 39.0 Å². The molecule has 0 saturated heterocycles. The number of nitriles is 1. The Hall–Kier alpha value is -3.78. The Kier molecular flexibility index (Phi) is 6.55. The summed E-state index contributed by atoms with van der Waals surface area (Å²) in [5, 5.41) is 12.4. The minimum Gasteiger partial charge on any atom is -0.497 e. The van der Waals surface area contributed by atoms with E-state index in [1.165, 1.54) is 5.56 Å². The molecule has 3 rings (SSSR count). The maximum absolute atomic E-state index is 12.7. The minimum atomic E-state index is -0.458. The number of amides is 1. The molecule has 0 spiro atoms. The van der Waals surface area contributed by atoms with Crippen LogP contribution in [0.3, 0.4) is 0 Å². The molecule has 3 aromatic rings. The summed E-state index contributed by atoms with van der Waals surface area (Å²) in [6.45, 7) is 10.6. The molecular weight excluding hydrogens is 398 g/mol. The van der Waals surface area contributed by atoms with E-state index in [-0.39, 0.29) is 11.0 Å². The molecule has 32 heavy (non-hydrogen) atoms. The van der Waals surface area contributed by atoms with E-state index in [9.17, 15) is 10.1 Å². The molecule has 0 atom stereocenters. The Morgan fingerprint density at radius 3 is 2.38 bits per heavy atom. The van der Waals surface area contributed by atoms with E-state index in [0.717, 1.165) is 22.6 Å². The molecule has 0 aliphatic heterocycles. The molecule has 1 amide bonds. The molecule has 1 aromatic heterocycles. The van der Waals surface area contributed by atoms with Crippen LogP contribution in [0.2, 0.25) is 0 Å². The van der Waals surface area contributed by atoms with Gasteiger partial charge >= 0.3 is 0 Å². The molecule has 0 fully saturated rings. The van der Waals surface area contributed by atoms with Crippen LogP contribution in [0.1, 0.15) is 43.3 Å². The summed E-state index contributed by atoms with van der Waals surface area (Å²) in [5.74, 6) is 0.173. The fourth-order valence-electron chi connectivity index (χ4n) is 3.64. The summed E-state index contributed by atoms with van der Waals surface area (Å²) >= 11 is 0. The largest absolute Gasteiger partial charge is 0.497 e. The zero-order valence-electron chi connectivity index (χ0n) is 19.5. The van der Waals surface area contributed by atoms with Crippen LogP contribution in [-0.4, -0.2) is 17.6 Å². The molecule has 0 radical (unpaired) electrons. The number of hydrogen-bond acceptors (Lipinski definition) is 3. The molecule has 0 bridgehead atoms. The highest BCUT2D eigenvalue weighted by atomic mass is 16.5. The highest BCUT2D eigenvalue weighted by Gasteiger charge is 2.16. The predicted molar refractivity (Wildman–Crippen MR) is 129 cm³/mol. The molecule has 0 aliphatic rings. The predicted octanol–water partition coefficient (Wildman–Crippen LogP) is 5.95. The minimum absolute atomic E-state index is 0.0381. The first kappa shape index (κ1) is 22.9. The van der Waals surface area contributed by atoms with Gasteiger partial charge in [-0.2, -0.15) is 5.26 Å². The van der Waals surface area contributed by atoms with Crippen LogP contribution in [-0.2, 0) is 10.2 Å². The number of anilines is 1. The van der Waals surface area contributed by atoms with Crippen LogP contribution >= 0.6 is 0 Å². The number of methoxy groups -OCH3 is 1. The van der Waals surface area contributed by atoms with Gasteiger partial charge < -0.3 is 14.6 Å². The molecule has 0 saturated carbocycles. The molecule has 1 heterocycles. The van der Waals surface area contributed by atoms with E-state index in [1.54, 1.807) is 37.5 Å². The van der Waals surface area contributed by atoms with E-state index >= 15 is 0 Å². The molecule has 0 unspecified atom stereocenters. The number of aryl methyl sites for hydroxylation is 1. The van der Waals surface area contributed by atoms with E-state index < -0.39 is 5.91 Å². The number of benzene rings is 2. The number of nitrogens with zero attached hydrogens (tertiary/aromatic N) is 2. The van der Waals surface area contributed by atoms with Crippen molar-refractivity contribution in [2.45, 2.75) is 40.0 Å². The monoisotopic (exact) mass is 427 g/mol. The Labute approximate surface area is 190 Å². The number of nitrogens with one attached hydrogen (secondary N) is 1. The lowest BCUT2D eigenvalue weighted by Gasteiger charge is -2.20. The number of rotatable bonds is 5. The quantitative estimate of drug-likeness (QED) is 0.404. The van der Waals surface area contributed by atoms with Gasteiger partial charge in [-0.3, -0.25) is 4.79 Å². The fraction of sp³-hybridized carbons (Fsp3) is 0.259. The summed E-state index contributed by atoms with van der Waals surface area (Å²) in [4.78, 5) is 12.7. The van der Waals surface area contributed by atoms with Gasteiger partial charge in [0.2, 0.25) is 0 Å². The van der Waals surface area contributed by atoms with Gasteiger partial charge in [-0.05, 0) is 66.8 Å². The van der Waals surface area contributed by atoms with Crippen molar-refractivity contribution in [3.63, 3.8) is 0 Å². The molecule has 0 aliphatic carbocycles. The third-order valence-electron chi connectivity index (χ3n) is 5.45. The first-order valence-corrected chi connectivity index (χ1v) is 10.5. The topological polar surface area (TPSA) is 67.0 Å². The van der Waals surface area contributed by atoms with Crippen molar-refractivity contribution in [1.29, 1.82) is 5.26 Å². The molecule has 164 valence electrons. The zero-order chi connectivity index (χ0) is 23.5. The first-order chi connectivity index (χ1) is 15.1. The second-order valence-electron chi connectivity index (χ2n) is 8.81. The Morgan fingerprint density at radius 2 is 1.78 bits per heavy atom. The van der Waals surface area contributed by atoms with Crippen LogP contribution < -0.4 is 10.1 Å². The average Bonchev–Trinajstić information content (AvgIpc) is 3.04. The van der Waals surface area contributed by atoms with Crippen molar-refractivity contribution < 1.29 is 9.53 Å². The number of hydrogen-bond donors (Lipinski definition) is 1. The van der Waals surface area contributed by atoms with Crippen LogP contribution in [0.4, 0.5) is 5.69 Å². The maximum atomic E-state index is 12.7. The number of ether oxygens (including phenoxy) is 1. The standard InChI is InChI=1S/C27H29N3O2/c1-18-14-20(19(2)30(18)24-12-10-22(11-13-24)27(3,4)5)15-21(17-28)26(31)29-23-8-7-9-25(16-23)32-6/h7-16H,1-6H3,(H,29,31)/b21-15-. The summed E-state index contributed by atoms with van der Waals surface area (Å²) < 4.78 is 7.32. The molecule has 5 heteroatoms. The van der Waals surface area contributed by atoms with Gasteiger partial charge in [0.1, 0.15) is 17.4 Å². The van der Waals surface area contributed by atoms with Crippen LogP contribution in [0, 0.1) is 25.2 Å². The van der Waals surface area contributed by atoms with Crippen molar-refractivity contribution >= 4 is 17.7 Å². The second kappa shape index (κ2) is 9.15. The smallest absolute Gasteiger partial charge is 0.266 e. The van der Waals surface area contributed by atoms with Crippen LogP contribution in [0.25, 0.3) is 11.8 Å². The van der Waals surface area contributed by atoms with Gasteiger partial charge in [0.25, 0.3) is 5.91 Å². The van der Waals surface area contributed by atoms with Crippen molar-refractivity contribution in [2.75, 3.05) is 12.4 Å². The number of carbonyl (C=O) groups excluding carboxylic acids is 1. The molecule has 5 nitrogen and oxygen atoms in total. The number of carbonyl (C=O) groups is 1. The van der Waals surface area contributed by atoms with Crippen molar-refractivity contribution in [3.8, 4) is 17.5 Å². The SMILES string of the molecule is COc1cccc(NC(=O)/C(C#N)=C\c2cc(C)n(-c3ccc(C(C)(C)C)cc3)c2C)c1. The lowest BCUT2D eigenvalue weighted by molar-refractivity contribution is -0.112. The lowest BCUT2D eigenvalue weighted by Crippen LogP contribution is -2.13. The van der Waals surface area contributed by atoms with Gasteiger partial charge in [0.05, 0.1) is 7.11 Å². The van der Waals surface area contributed by atoms with Crippen LogP contribution in [0.15, 0.2) is 60.2 Å². The second-order valence-corrected chi connectivity index (χ2v) is 8.81. The molecule has 1 N–H and O–H groups in total. The van der Waals surface area contributed by atoms with E-state index in [2.05, 4.69) is 54.9 Å². The highest BCUT2D eigenvalue weighted by molar-refractivity contribution is 6.09. The van der Waals surface area contributed by atoms with Crippen LogP contribution in [0.5, 0.6) is 5.75 Å². The zero-order valence-corrected chi connectivity index (χ0v) is 19.5. The van der Waals surface area contributed by atoms with Gasteiger partial charge in [-0.25, -0.2) is 0 Å². The normalized spacial score (nSPS) is 11.7. The Bertz CT molecular complexity index is 1200. The van der Waals surface area contributed by atoms with E-state index in [4.69, 9.17) is 4.74 Å². The summed E-state index contributed by atoms with van der Waals surface area (Å²) in [5.41, 5.74) is 5.84. The van der Waals surface area contributed by atoms with Gasteiger partial charge in [0.15, 0.2) is 0 Å². The lowest BCUT2D eigenvalue weighted by atomic mass is 9.87.